The molecule has 214 valence electrons. The van der Waals surface area contributed by atoms with Gasteiger partial charge in [0.2, 0.25) is 11.8 Å². The van der Waals surface area contributed by atoms with E-state index in [1.54, 1.807) is 6.92 Å². The molecule has 0 heterocycles. The summed E-state index contributed by atoms with van der Waals surface area (Å²) in [5, 5.41) is 2.93. The van der Waals surface area contributed by atoms with Gasteiger partial charge in [0.1, 0.15) is 18.4 Å². The summed E-state index contributed by atoms with van der Waals surface area (Å²) in [7, 11) is -0.0730. The van der Waals surface area contributed by atoms with Crippen LogP contribution in [0.15, 0.2) is 71.6 Å². The number of anilines is 1. The van der Waals surface area contributed by atoms with Crippen molar-refractivity contribution in [2.45, 2.75) is 30.8 Å². The van der Waals surface area contributed by atoms with Crippen LogP contribution in [0.4, 0.5) is 10.1 Å². The van der Waals surface area contributed by atoms with Crippen molar-refractivity contribution in [3.8, 4) is 11.5 Å². The van der Waals surface area contributed by atoms with E-state index in [1.807, 2.05) is 0 Å². The first kappa shape index (κ1) is 30.7. The Bertz CT molecular complexity index is 1440. The average Bonchev–Trinajstić information content (AvgIpc) is 2.96. The highest BCUT2D eigenvalue weighted by atomic mass is 35.5. The third kappa shape index (κ3) is 7.02. The van der Waals surface area contributed by atoms with Crippen molar-refractivity contribution in [1.29, 1.82) is 0 Å². The second-order valence-electron chi connectivity index (χ2n) is 8.69. The number of hydrogen-bond acceptors (Lipinski definition) is 6. The van der Waals surface area contributed by atoms with Crippen molar-refractivity contribution in [1.82, 2.24) is 10.2 Å². The van der Waals surface area contributed by atoms with E-state index in [0.29, 0.717) is 16.3 Å². The van der Waals surface area contributed by atoms with Gasteiger partial charge in [0.25, 0.3) is 10.0 Å². The molecule has 0 aliphatic carbocycles. The highest BCUT2D eigenvalue weighted by Gasteiger charge is 2.33. The number of sulfonamides is 1. The van der Waals surface area contributed by atoms with Crippen LogP contribution in [0.5, 0.6) is 11.5 Å². The third-order valence-electron chi connectivity index (χ3n) is 6.23. The Morgan fingerprint density at radius 2 is 1.60 bits per heavy atom. The van der Waals surface area contributed by atoms with E-state index in [0.717, 1.165) is 4.31 Å². The second kappa shape index (κ2) is 13.5. The lowest BCUT2D eigenvalue weighted by Gasteiger charge is -2.33. The summed E-state index contributed by atoms with van der Waals surface area (Å²) in [5.41, 5.74) is 0.750. The van der Waals surface area contributed by atoms with E-state index in [-0.39, 0.29) is 29.3 Å². The summed E-state index contributed by atoms with van der Waals surface area (Å²) in [5.74, 6) is -0.987. The minimum Gasteiger partial charge on any atom is -0.493 e. The van der Waals surface area contributed by atoms with Gasteiger partial charge in [0.05, 0.1) is 24.8 Å². The van der Waals surface area contributed by atoms with Crippen molar-refractivity contribution >= 4 is 39.1 Å². The number of carbonyl (C=O) groups excluding carboxylic acids is 2. The molecule has 0 spiro atoms. The van der Waals surface area contributed by atoms with Crippen LogP contribution in [-0.4, -0.2) is 59.0 Å². The van der Waals surface area contributed by atoms with Crippen molar-refractivity contribution in [2.75, 3.05) is 32.1 Å². The standard InChI is InChI=1S/C28H31ClFN3O6S/c1-5-24(28(35)31-2)32(17-19-6-10-21(30)11-7-19)27(34)18-33(22-12-8-20(29)9-13-22)40(36,37)23-14-15-25(38-3)26(16-23)39-4/h6-16,24H,5,17-18H2,1-4H3,(H,31,35). The minimum atomic E-state index is -4.33. The Morgan fingerprint density at radius 1 is 0.975 bits per heavy atom. The Morgan fingerprint density at radius 3 is 2.15 bits per heavy atom. The lowest BCUT2D eigenvalue weighted by Crippen LogP contribution is -2.51. The molecule has 0 saturated carbocycles. The van der Waals surface area contributed by atoms with Gasteiger partial charge in [-0.05, 0) is 60.5 Å². The molecule has 9 nitrogen and oxygen atoms in total. The van der Waals surface area contributed by atoms with Crippen molar-refractivity contribution < 1.29 is 31.9 Å². The Labute approximate surface area is 238 Å². The lowest BCUT2D eigenvalue weighted by molar-refractivity contribution is -0.140. The molecular formula is C28H31ClFN3O6S. The molecule has 0 aliphatic heterocycles. The van der Waals surface area contributed by atoms with E-state index in [4.69, 9.17) is 21.1 Å². The Kier molecular flexibility index (Phi) is 10.4. The van der Waals surface area contributed by atoms with Gasteiger partial charge in [0.15, 0.2) is 11.5 Å². The van der Waals surface area contributed by atoms with Gasteiger partial charge in [-0.2, -0.15) is 0 Å². The summed E-state index contributed by atoms with van der Waals surface area (Å²) < 4.78 is 52.9. The highest BCUT2D eigenvalue weighted by molar-refractivity contribution is 7.92. The first-order chi connectivity index (χ1) is 19.0. The summed E-state index contributed by atoms with van der Waals surface area (Å²) in [6.45, 7) is 1.06. The number of likely N-dealkylation sites (N-methyl/N-ethyl adjacent to an activating group) is 1. The van der Waals surface area contributed by atoms with Gasteiger partial charge in [0, 0.05) is 24.7 Å². The molecule has 0 aliphatic rings. The third-order valence-corrected chi connectivity index (χ3v) is 8.26. The molecule has 0 saturated heterocycles. The smallest absolute Gasteiger partial charge is 0.264 e. The number of halogens is 2. The fraction of sp³-hybridized carbons (Fsp3) is 0.286. The molecule has 3 rings (SSSR count). The normalized spacial score (nSPS) is 11.8. The fourth-order valence-electron chi connectivity index (χ4n) is 4.11. The molecule has 1 N–H and O–H groups in total. The monoisotopic (exact) mass is 591 g/mol. The molecule has 40 heavy (non-hydrogen) atoms. The quantitative estimate of drug-likeness (QED) is 0.338. The maximum absolute atomic E-state index is 14.0. The maximum atomic E-state index is 14.0. The number of ether oxygens (including phenoxy) is 2. The van der Waals surface area contributed by atoms with Crippen molar-refractivity contribution in [3.05, 3.63) is 83.1 Å². The Balaban J connectivity index is 2.08. The molecule has 0 fully saturated rings. The predicted molar refractivity (Wildman–Crippen MR) is 151 cm³/mol. The van der Waals surface area contributed by atoms with Crippen LogP contribution < -0.4 is 19.1 Å². The molecule has 3 aromatic rings. The maximum Gasteiger partial charge on any atom is 0.264 e. The zero-order valence-electron chi connectivity index (χ0n) is 22.6. The molecule has 0 radical (unpaired) electrons. The first-order valence-electron chi connectivity index (χ1n) is 12.3. The predicted octanol–water partition coefficient (Wildman–Crippen LogP) is 4.25. The first-order valence-corrected chi connectivity index (χ1v) is 14.1. The number of amides is 2. The van der Waals surface area contributed by atoms with Crippen molar-refractivity contribution in [2.24, 2.45) is 0 Å². The number of nitrogens with zero attached hydrogens (tertiary/aromatic N) is 2. The van der Waals surface area contributed by atoms with Gasteiger partial charge >= 0.3 is 0 Å². The molecule has 2 amide bonds. The largest absolute Gasteiger partial charge is 0.493 e. The summed E-state index contributed by atoms with van der Waals surface area (Å²) >= 11 is 6.04. The van der Waals surface area contributed by atoms with E-state index >= 15 is 0 Å². The molecule has 3 aromatic carbocycles. The second-order valence-corrected chi connectivity index (χ2v) is 11.0. The van der Waals surface area contributed by atoms with E-state index in [1.165, 1.54) is 92.9 Å². The number of nitrogens with one attached hydrogen (secondary N) is 1. The highest BCUT2D eigenvalue weighted by Crippen LogP contribution is 2.32. The summed E-state index contributed by atoms with van der Waals surface area (Å²) in [4.78, 5) is 27.8. The van der Waals surface area contributed by atoms with Gasteiger partial charge in [-0.1, -0.05) is 30.7 Å². The topological polar surface area (TPSA) is 105 Å². The number of rotatable bonds is 12. The van der Waals surface area contributed by atoms with Crippen molar-refractivity contribution in [3.63, 3.8) is 0 Å². The molecule has 0 aromatic heterocycles. The van der Waals surface area contributed by atoms with Gasteiger partial charge < -0.3 is 19.7 Å². The van der Waals surface area contributed by atoms with Gasteiger partial charge in [-0.15, -0.1) is 0 Å². The number of carbonyl (C=O) groups is 2. The Hall–Kier alpha value is -3.83. The van der Waals surface area contributed by atoms with Crippen LogP contribution in [0.1, 0.15) is 18.9 Å². The van der Waals surface area contributed by atoms with E-state index in [9.17, 15) is 22.4 Å². The molecule has 0 bridgehead atoms. The number of benzene rings is 3. The lowest BCUT2D eigenvalue weighted by atomic mass is 10.1. The molecule has 12 heteroatoms. The zero-order chi connectivity index (χ0) is 29.4. The fourth-order valence-corrected chi connectivity index (χ4v) is 5.67. The molecule has 1 unspecified atom stereocenters. The van der Waals surface area contributed by atoms with Crippen LogP contribution in [0.25, 0.3) is 0 Å². The van der Waals surface area contributed by atoms with E-state index in [2.05, 4.69) is 5.32 Å². The SMILES string of the molecule is CCC(C(=O)NC)N(Cc1ccc(F)cc1)C(=O)CN(c1ccc(Cl)cc1)S(=O)(=O)c1ccc(OC)c(OC)c1. The molecular weight excluding hydrogens is 561 g/mol. The minimum absolute atomic E-state index is 0.0457. The molecule has 1 atom stereocenters. The van der Waals surface area contributed by atoms with Crippen LogP contribution in [0.2, 0.25) is 5.02 Å². The van der Waals surface area contributed by atoms with Crippen LogP contribution in [-0.2, 0) is 26.2 Å². The van der Waals surface area contributed by atoms with Crippen LogP contribution >= 0.6 is 11.6 Å². The summed E-state index contributed by atoms with van der Waals surface area (Å²) in [6.07, 6.45) is 0.260. The van der Waals surface area contributed by atoms with Gasteiger partial charge in [-0.3, -0.25) is 13.9 Å². The van der Waals surface area contributed by atoms with Crippen LogP contribution in [0.3, 0.4) is 0 Å². The summed E-state index contributed by atoms with van der Waals surface area (Å²) in [6, 6.07) is 14.7. The average molecular weight is 592 g/mol. The van der Waals surface area contributed by atoms with E-state index < -0.39 is 40.2 Å². The zero-order valence-corrected chi connectivity index (χ0v) is 24.1. The number of methoxy groups -OCH3 is 2. The van der Waals surface area contributed by atoms with Crippen LogP contribution in [0, 0.1) is 5.82 Å². The van der Waals surface area contributed by atoms with Gasteiger partial charge in [-0.25, -0.2) is 12.8 Å². The number of hydrogen-bond donors (Lipinski definition) is 1.